The van der Waals surface area contributed by atoms with Crippen LogP contribution in [0.25, 0.3) is 11.3 Å². The van der Waals surface area contributed by atoms with Crippen LogP contribution in [0.1, 0.15) is 12.8 Å². The lowest BCUT2D eigenvalue weighted by Gasteiger charge is -2.06. The summed E-state index contributed by atoms with van der Waals surface area (Å²) in [5.74, 6) is -0.834. The summed E-state index contributed by atoms with van der Waals surface area (Å²) in [6, 6.07) is 9.63. The van der Waals surface area contributed by atoms with Crippen LogP contribution in [-0.4, -0.2) is 15.6 Å². The highest BCUT2D eigenvalue weighted by atomic mass is 32.1. The number of aliphatic carboxylic acids is 1. The Hall–Kier alpha value is -1.88. The Morgan fingerprint density at radius 2 is 2.00 bits per heavy atom. The molecule has 0 saturated carbocycles. The van der Waals surface area contributed by atoms with E-state index < -0.39 is 5.97 Å². The van der Waals surface area contributed by atoms with Crippen LogP contribution in [0, 0.1) is 0 Å². The van der Waals surface area contributed by atoms with Gasteiger partial charge in [-0.2, -0.15) is 0 Å². The van der Waals surface area contributed by atoms with Crippen LogP contribution in [-0.2, 0) is 11.3 Å². The highest BCUT2D eigenvalue weighted by Crippen LogP contribution is 2.19. The van der Waals surface area contributed by atoms with Crippen molar-refractivity contribution in [3.05, 3.63) is 45.4 Å². The number of carbonyl (C=O) groups is 1. The molecule has 2 aromatic rings. The second kappa shape index (κ2) is 5.64. The molecule has 0 radical (unpaired) electrons. The maximum atomic E-state index is 11.7. The van der Waals surface area contributed by atoms with Crippen LogP contribution in [0.3, 0.4) is 0 Å². The summed E-state index contributed by atoms with van der Waals surface area (Å²) in [5, 5.41) is 10.4. The molecule has 0 aliphatic carbocycles. The van der Waals surface area contributed by atoms with E-state index in [9.17, 15) is 9.59 Å². The molecular weight excluding hydrogens is 250 g/mol. The van der Waals surface area contributed by atoms with E-state index in [-0.39, 0.29) is 11.3 Å². The number of hydrogen-bond donors (Lipinski definition) is 1. The first kappa shape index (κ1) is 12.6. The second-order valence-corrected chi connectivity index (χ2v) is 4.72. The van der Waals surface area contributed by atoms with E-state index in [4.69, 9.17) is 5.11 Å². The van der Waals surface area contributed by atoms with Crippen molar-refractivity contribution in [1.82, 2.24) is 4.57 Å². The fraction of sp³-hybridized carbons (Fsp3) is 0.231. The van der Waals surface area contributed by atoms with Gasteiger partial charge in [-0.25, -0.2) is 0 Å². The Labute approximate surface area is 108 Å². The third-order valence-corrected chi connectivity index (χ3v) is 3.39. The smallest absolute Gasteiger partial charge is 0.307 e. The lowest BCUT2D eigenvalue weighted by atomic mass is 10.2. The number of thiazole rings is 1. The predicted octanol–water partition coefficient (Wildman–Crippen LogP) is 2.44. The van der Waals surface area contributed by atoms with Crippen molar-refractivity contribution in [2.45, 2.75) is 19.4 Å². The number of aromatic nitrogens is 1. The van der Waals surface area contributed by atoms with E-state index in [0.717, 1.165) is 22.6 Å². The van der Waals surface area contributed by atoms with Gasteiger partial charge in [0, 0.05) is 18.3 Å². The topological polar surface area (TPSA) is 59.3 Å². The van der Waals surface area contributed by atoms with Crippen molar-refractivity contribution in [2.75, 3.05) is 0 Å². The van der Waals surface area contributed by atoms with E-state index in [2.05, 4.69) is 0 Å². The fourth-order valence-corrected chi connectivity index (χ4v) is 2.56. The number of hydrogen-bond acceptors (Lipinski definition) is 3. The van der Waals surface area contributed by atoms with E-state index in [1.165, 1.54) is 0 Å². The molecule has 1 N–H and O–H groups in total. The molecule has 1 aromatic carbocycles. The minimum atomic E-state index is -0.834. The van der Waals surface area contributed by atoms with Crippen molar-refractivity contribution in [1.29, 1.82) is 0 Å². The normalized spacial score (nSPS) is 10.4. The molecule has 0 spiro atoms. The monoisotopic (exact) mass is 263 g/mol. The van der Waals surface area contributed by atoms with Gasteiger partial charge < -0.3 is 5.11 Å². The van der Waals surface area contributed by atoms with Crippen molar-refractivity contribution in [3.63, 3.8) is 0 Å². The lowest BCUT2D eigenvalue weighted by molar-refractivity contribution is -0.137. The van der Waals surface area contributed by atoms with Crippen LogP contribution in [0.2, 0.25) is 0 Å². The zero-order chi connectivity index (χ0) is 13.0. The SMILES string of the molecule is O=C(O)CCCn1c(-c2ccccc2)csc1=O. The van der Waals surface area contributed by atoms with Crippen LogP contribution < -0.4 is 4.87 Å². The van der Waals surface area contributed by atoms with Crippen molar-refractivity contribution >= 4 is 17.3 Å². The summed E-state index contributed by atoms with van der Waals surface area (Å²) >= 11 is 1.14. The minimum absolute atomic E-state index is 0.0424. The first-order valence-electron chi connectivity index (χ1n) is 5.64. The van der Waals surface area contributed by atoms with Crippen molar-refractivity contribution < 1.29 is 9.90 Å². The number of carboxylic acid groups (broad SMARTS) is 1. The van der Waals surface area contributed by atoms with Crippen LogP contribution in [0.5, 0.6) is 0 Å². The van der Waals surface area contributed by atoms with Gasteiger partial charge in [-0.1, -0.05) is 41.7 Å². The molecule has 0 unspecified atom stereocenters. The Morgan fingerprint density at radius 1 is 1.28 bits per heavy atom. The van der Waals surface area contributed by atoms with Crippen molar-refractivity contribution in [2.24, 2.45) is 0 Å². The molecule has 0 atom stereocenters. The molecule has 0 bridgehead atoms. The predicted molar refractivity (Wildman–Crippen MR) is 70.9 cm³/mol. The average Bonchev–Trinajstić information content (AvgIpc) is 2.72. The quantitative estimate of drug-likeness (QED) is 0.901. The summed E-state index contributed by atoms with van der Waals surface area (Å²) in [5.41, 5.74) is 1.84. The molecule has 2 rings (SSSR count). The zero-order valence-corrected chi connectivity index (χ0v) is 10.5. The van der Waals surface area contributed by atoms with Crippen LogP contribution in [0.4, 0.5) is 0 Å². The van der Waals surface area contributed by atoms with E-state index in [0.29, 0.717) is 13.0 Å². The molecule has 5 heteroatoms. The fourth-order valence-electron chi connectivity index (χ4n) is 1.76. The summed E-state index contributed by atoms with van der Waals surface area (Å²) < 4.78 is 1.64. The van der Waals surface area contributed by atoms with Gasteiger partial charge in [0.25, 0.3) is 0 Å². The Kier molecular flexibility index (Phi) is 3.94. The number of benzene rings is 1. The Bertz CT molecular complexity index is 586. The number of rotatable bonds is 5. The molecule has 0 fully saturated rings. The lowest BCUT2D eigenvalue weighted by Crippen LogP contribution is -2.15. The average molecular weight is 263 g/mol. The summed E-state index contributed by atoms with van der Waals surface area (Å²) in [7, 11) is 0. The summed E-state index contributed by atoms with van der Waals surface area (Å²) in [6.45, 7) is 0.443. The zero-order valence-electron chi connectivity index (χ0n) is 9.70. The molecule has 0 aliphatic rings. The van der Waals surface area contributed by atoms with Gasteiger partial charge in [0.05, 0.1) is 5.69 Å². The molecule has 4 nitrogen and oxygen atoms in total. The van der Waals surface area contributed by atoms with Crippen LogP contribution >= 0.6 is 11.3 Å². The van der Waals surface area contributed by atoms with Gasteiger partial charge in [-0.05, 0) is 12.0 Å². The third kappa shape index (κ3) is 2.87. The van der Waals surface area contributed by atoms with Gasteiger partial charge in [-0.3, -0.25) is 14.2 Å². The largest absolute Gasteiger partial charge is 0.481 e. The van der Waals surface area contributed by atoms with Crippen LogP contribution in [0.15, 0.2) is 40.5 Å². The first-order chi connectivity index (χ1) is 8.68. The Morgan fingerprint density at radius 3 is 2.67 bits per heavy atom. The van der Waals surface area contributed by atoms with Gasteiger partial charge in [0.1, 0.15) is 0 Å². The summed E-state index contributed by atoms with van der Waals surface area (Å²) in [6.07, 6.45) is 0.544. The first-order valence-corrected chi connectivity index (χ1v) is 6.52. The van der Waals surface area contributed by atoms with Gasteiger partial charge in [0.15, 0.2) is 0 Å². The molecule has 0 amide bonds. The maximum absolute atomic E-state index is 11.7. The van der Waals surface area contributed by atoms with Gasteiger partial charge >= 0.3 is 10.8 Å². The van der Waals surface area contributed by atoms with E-state index >= 15 is 0 Å². The molecule has 1 aromatic heterocycles. The standard InChI is InChI=1S/C13H13NO3S/c15-12(16)7-4-8-14-11(9-18-13(14)17)10-5-2-1-3-6-10/h1-3,5-6,9H,4,7-8H2,(H,15,16). The molecule has 0 aliphatic heterocycles. The van der Waals surface area contributed by atoms with Crippen molar-refractivity contribution in [3.8, 4) is 11.3 Å². The maximum Gasteiger partial charge on any atom is 0.307 e. The third-order valence-electron chi connectivity index (χ3n) is 2.62. The molecule has 94 valence electrons. The number of nitrogens with zero attached hydrogens (tertiary/aromatic N) is 1. The van der Waals surface area contributed by atoms with E-state index in [1.807, 2.05) is 35.7 Å². The summed E-state index contributed by atoms with van der Waals surface area (Å²) in [4.78, 5) is 22.2. The number of carboxylic acids is 1. The minimum Gasteiger partial charge on any atom is -0.481 e. The molecule has 0 saturated heterocycles. The van der Waals surface area contributed by atoms with E-state index in [1.54, 1.807) is 4.57 Å². The molecular formula is C13H13NO3S. The molecule has 1 heterocycles. The van der Waals surface area contributed by atoms with Gasteiger partial charge in [0.2, 0.25) is 0 Å². The highest BCUT2D eigenvalue weighted by Gasteiger charge is 2.08. The highest BCUT2D eigenvalue weighted by molar-refractivity contribution is 7.07. The molecule has 18 heavy (non-hydrogen) atoms. The Balaban J connectivity index is 2.22. The van der Waals surface area contributed by atoms with Gasteiger partial charge in [-0.15, -0.1) is 0 Å². The second-order valence-electron chi connectivity index (χ2n) is 3.90.